The minimum absolute atomic E-state index is 0.0749. The standard InChI is InChI=1S/C27H32N2O5/c1-4-23(25(30)29-14-16(2)13-17(3)24(29)26(31)32)28-27(33)34-15-22-20-11-7-5-9-18(20)19-10-6-8-12-21(19)22/h5-12,16-17,22-24H,4,13-15H2,1-3H3,(H,28,33)(H,31,32). The van der Waals surface area contributed by atoms with Gasteiger partial charge in [-0.15, -0.1) is 0 Å². The molecule has 4 unspecified atom stereocenters. The average Bonchev–Trinajstić information content (AvgIpc) is 3.13. The Morgan fingerprint density at radius 1 is 1.06 bits per heavy atom. The van der Waals surface area contributed by atoms with Crippen molar-refractivity contribution < 1.29 is 24.2 Å². The zero-order chi connectivity index (χ0) is 24.4. The summed E-state index contributed by atoms with van der Waals surface area (Å²) in [6.07, 6.45) is 0.415. The van der Waals surface area contributed by atoms with E-state index in [1.807, 2.05) is 50.2 Å². The van der Waals surface area contributed by atoms with E-state index in [9.17, 15) is 19.5 Å². The second-order valence-electron chi connectivity index (χ2n) is 9.52. The van der Waals surface area contributed by atoms with Crippen molar-refractivity contribution in [2.24, 2.45) is 11.8 Å². The Labute approximate surface area is 200 Å². The van der Waals surface area contributed by atoms with Gasteiger partial charge in [-0.1, -0.05) is 69.3 Å². The molecule has 4 atom stereocenters. The Morgan fingerprint density at radius 3 is 2.21 bits per heavy atom. The smallest absolute Gasteiger partial charge is 0.407 e. The van der Waals surface area contributed by atoms with Crippen molar-refractivity contribution >= 4 is 18.0 Å². The first-order valence-corrected chi connectivity index (χ1v) is 12.0. The molecule has 2 aromatic carbocycles. The number of hydrogen-bond acceptors (Lipinski definition) is 4. The van der Waals surface area contributed by atoms with Crippen LogP contribution in [0.15, 0.2) is 48.5 Å². The highest BCUT2D eigenvalue weighted by molar-refractivity contribution is 5.89. The summed E-state index contributed by atoms with van der Waals surface area (Å²) < 4.78 is 5.59. The first-order valence-electron chi connectivity index (χ1n) is 12.0. The van der Waals surface area contributed by atoms with Crippen LogP contribution in [0.5, 0.6) is 0 Å². The number of benzene rings is 2. The number of carboxylic acid groups (broad SMARTS) is 1. The number of carboxylic acids is 1. The van der Waals surface area contributed by atoms with E-state index < -0.39 is 24.1 Å². The van der Waals surface area contributed by atoms with E-state index in [4.69, 9.17) is 4.74 Å². The Balaban J connectivity index is 1.43. The second kappa shape index (κ2) is 9.87. The molecule has 180 valence electrons. The molecule has 1 fully saturated rings. The number of ether oxygens (including phenoxy) is 1. The van der Waals surface area contributed by atoms with Gasteiger partial charge >= 0.3 is 12.1 Å². The molecule has 0 spiro atoms. The molecule has 0 bridgehead atoms. The number of carbonyl (C=O) groups is 3. The van der Waals surface area contributed by atoms with Crippen LogP contribution in [0.1, 0.15) is 50.7 Å². The van der Waals surface area contributed by atoms with Crippen LogP contribution in [0.4, 0.5) is 4.79 Å². The molecule has 1 aliphatic heterocycles. The summed E-state index contributed by atoms with van der Waals surface area (Å²) in [7, 11) is 0. The lowest BCUT2D eigenvalue weighted by Gasteiger charge is -2.41. The van der Waals surface area contributed by atoms with Gasteiger partial charge in [0.1, 0.15) is 18.7 Å². The lowest BCUT2D eigenvalue weighted by molar-refractivity contribution is -0.156. The zero-order valence-electron chi connectivity index (χ0n) is 19.9. The Morgan fingerprint density at radius 2 is 1.65 bits per heavy atom. The molecule has 0 saturated carbocycles. The van der Waals surface area contributed by atoms with E-state index in [0.717, 1.165) is 28.7 Å². The summed E-state index contributed by atoms with van der Waals surface area (Å²) in [5.41, 5.74) is 4.50. The van der Waals surface area contributed by atoms with Crippen molar-refractivity contribution in [2.45, 2.75) is 51.6 Å². The van der Waals surface area contributed by atoms with Crippen LogP contribution >= 0.6 is 0 Å². The fourth-order valence-electron chi connectivity index (χ4n) is 5.52. The quantitative estimate of drug-likeness (QED) is 0.666. The summed E-state index contributed by atoms with van der Waals surface area (Å²) in [4.78, 5) is 39.2. The molecule has 2 amide bonds. The van der Waals surface area contributed by atoms with Crippen molar-refractivity contribution in [3.8, 4) is 11.1 Å². The van der Waals surface area contributed by atoms with Gasteiger partial charge in [-0.05, 0) is 46.9 Å². The van der Waals surface area contributed by atoms with Gasteiger partial charge in [0.05, 0.1) is 0 Å². The molecule has 4 rings (SSSR count). The van der Waals surface area contributed by atoms with Crippen LogP contribution in [0.2, 0.25) is 0 Å². The molecule has 1 aliphatic carbocycles. The molecule has 7 heteroatoms. The predicted molar refractivity (Wildman–Crippen MR) is 128 cm³/mol. The number of hydrogen-bond donors (Lipinski definition) is 2. The maximum Gasteiger partial charge on any atom is 0.407 e. The molecule has 0 aromatic heterocycles. The topological polar surface area (TPSA) is 95.9 Å². The molecule has 0 radical (unpaired) electrons. The van der Waals surface area contributed by atoms with Crippen LogP contribution < -0.4 is 5.32 Å². The minimum Gasteiger partial charge on any atom is -0.480 e. The van der Waals surface area contributed by atoms with E-state index in [2.05, 4.69) is 17.4 Å². The lowest BCUT2D eigenvalue weighted by atomic mass is 9.84. The highest BCUT2D eigenvalue weighted by Crippen LogP contribution is 2.44. The Bertz CT molecular complexity index is 1040. The molecular formula is C27H32N2O5. The van der Waals surface area contributed by atoms with Gasteiger partial charge in [0.15, 0.2) is 0 Å². The van der Waals surface area contributed by atoms with Gasteiger partial charge in [0, 0.05) is 12.5 Å². The summed E-state index contributed by atoms with van der Waals surface area (Å²) in [6, 6.07) is 14.4. The van der Waals surface area contributed by atoms with E-state index in [-0.39, 0.29) is 30.3 Å². The van der Waals surface area contributed by atoms with Crippen LogP contribution in [0, 0.1) is 11.8 Å². The second-order valence-corrected chi connectivity index (χ2v) is 9.52. The maximum absolute atomic E-state index is 13.3. The van der Waals surface area contributed by atoms with Gasteiger partial charge in [-0.3, -0.25) is 4.79 Å². The summed E-state index contributed by atoms with van der Waals surface area (Å²) in [6.45, 7) is 6.17. The third-order valence-electron chi connectivity index (χ3n) is 7.04. The van der Waals surface area contributed by atoms with Gasteiger partial charge in [0.2, 0.25) is 5.91 Å². The van der Waals surface area contributed by atoms with Gasteiger partial charge in [0.25, 0.3) is 0 Å². The van der Waals surface area contributed by atoms with E-state index in [1.165, 1.54) is 4.90 Å². The minimum atomic E-state index is -1.01. The van der Waals surface area contributed by atoms with Crippen molar-refractivity contribution in [3.05, 3.63) is 59.7 Å². The Kier molecular flexibility index (Phi) is 6.91. The van der Waals surface area contributed by atoms with Crippen LogP contribution in [-0.2, 0) is 14.3 Å². The summed E-state index contributed by atoms with van der Waals surface area (Å²) >= 11 is 0. The van der Waals surface area contributed by atoms with Gasteiger partial charge < -0.3 is 20.1 Å². The SMILES string of the molecule is CCC(NC(=O)OCC1c2ccccc2-c2ccccc21)C(=O)N1CC(C)CC(C)C1C(=O)O. The average molecular weight is 465 g/mol. The maximum atomic E-state index is 13.3. The van der Waals surface area contributed by atoms with Crippen LogP contribution in [0.3, 0.4) is 0 Å². The summed E-state index contributed by atoms with van der Waals surface area (Å²) in [5, 5.41) is 12.4. The number of nitrogens with zero attached hydrogens (tertiary/aromatic N) is 1. The number of amides is 2. The van der Waals surface area contributed by atoms with Crippen molar-refractivity contribution in [1.82, 2.24) is 10.2 Å². The first kappa shape index (κ1) is 23.8. The Hall–Kier alpha value is -3.35. The molecular weight excluding hydrogens is 432 g/mol. The molecule has 1 saturated heterocycles. The van der Waals surface area contributed by atoms with Crippen molar-refractivity contribution in [1.29, 1.82) is 0 Å². The number of likely N-dealkylation sites (tertiary alicyclic amines) is 1. The first-order chi connectivity index (χ1) is 16.3. The normalized spacial score (nSPS) is 22.4. The number of piperidine rings is 1. The van der Waals surface area contributed by atoms with Crippen LogP contribution in [-0.4, -0.2) is 53.2 Å². The molecule has 34 heavy (non-hydrogen) atoms. The number of carbonyl (C=O) groups excluding carboxylic acids is 2. The number of fused-ring (bicyclic) bond motifs is 3. The van der Waals surface area contributed by atoms with Crippen molar-refractivity contribution in [3.63, 3.8) is 0 Å². The van der Waals surface area contributed by atoms with Gasteiger partial charge in [-0.25, -0.2) is 9.59 Å². The molecule has 2 aromatic rings. The van der Waals surface area contributed by atoms with Crippen LogP contribution in [0.25, 0.3) is 11.1 Å². The third kappa shape index (κ3) is 4.52. The van der Waals surface area contributed by atoms with Gasteiger partial charge in [-0.2, -0.15) is 0 Å². The summed E-state index contributed by atoms with van der Waals surface area (Å²) in [5.74, 6) is -1.42. The molecule has 2 N–H and O–H groups in total. The highest BCUT2D eigenvalue weighted by Gasteiger charge is 2.41. The van der Waals surface area contributed by atoms with E-state index in [1.54, 1.807) is 6.92 Å². The fraction of sp³-hybridized carbons (Fsp3) is 0.444. The molecule has 2 aliphatic rings. The number of rotatable bonds is 6. The van der Waals surface area contributed by atoms with E-state index in [0.29, 0.717) is 13.0 Å². The molecule has 1 heterocycles. The predicted octanol–water partition coefficient (Wildman–Crippen LogP) is 4.26. The largest absolute Gasteiger partial charge is 0.480 e. The van der Waals surface area contributed by atoms with E-state index >= 15 is 0 Å². The number of aliphatic carboxylic acids is 1. The van der Waals surface area contributed by atoms with Crippen molar-refractivity contribution in [2.75, 3.05) is 13.2 Å². The molecule has 7 nitrogen and oxygen atoms in total. The third-order valence-corrected chi connectivity index (χ3v) is 7.04. The highest BCUT2D eigenvalue weighted by atomic mass is 16.5. The monoisotopic (exact) mass is 464 g/mol. The number of nitrogens with one attached hydrogen (secondary N) is 1. The fourth-order valence-corrected chi connectivity index (χ4v) is 5.52. The lowest BCUT2D eigenvalue weighted by Crippen LogP contribution is -2.59. The zero-order valence-corrected chi connectivity index (χ0v) is 19.9. The number of alkyl carbamates (subject to hydrolysis) is 1.